The highest BCUT2D eigenvalue weighted by atomic mass is 16.3. The van der Waals surface area contributed by atoms with Gasteiger partial charge in [0, 0.05) is 31.5 Å². The number of carbonyl (C=O) groups is 2. The molecule has 4 atom stereocenters. The zero-order valence-corrected chi connectivity index (χ0v) is 15.3. The molecule has 136 valence electrons. The van der Waals surface area contributed by atoms with Crippen LogP contribution < -0.4 is 0 Å². The second-order valence-corrected chi connectivity index (χ2v) is 7.39. The molecular formula is C17H35N2O4+. The molecule has 0 saturated heterocycles. The molecule has 0 amide bonds. The third-order valence-corrected chi connectivity index (χ3v) is 3.92. The highest BCUT2D eigenvalue weighted by Gasteiger charge is 2.27. The Bertz CT molecular complexity index is 321. The van der Waals surface area contributed by atoms with E-state index in [1.54, 1.807) is 13.8 Å². The van der Waals surface area contributed by atoms with Crippen LogP contribution in [0.2, 0.25) is 0 Å². The summed E-state index contributed by atoms with van der Waals surface area (Å²) in [6, 6.07) is 0. The first-order chi connectivity index (χ1) is 10.6. The zero-order valence-electron chi connectivity index (χ0n) is 15.3. The molecule has 0 bridgehead atoms. The Morgan fingerprint density at radius 3 is 1.61 bits per heavy atom. The van der Waals surface area contributed by atoms with Crippen LogP contribution in [0.3, 0.4) is 0 Å². The number of likely N-dealkylation sites (N-methyl/N-ethyl adjacent to an activating group) is 1. The molecule has 0 aliphatic rings. The van der Waals surface area contributed by atoms with Crippen LogP contribution in [-0.4, -0.2) is 90.7 Å². The molecule has 0 aliphatic heterocycles. The van der Waals surface area contributed by atoms with Crippen LogP contribution in [0.5, 0.6) is 0 Å². The minimum Gasteiger partial charge on any atom is -0.388 e. The van der Waals surface area contributed by atoms with E-state index in [1.165, 1.54) is 0 Å². The van der Waals surface area contributed by atoms with Crippen molar-refractivity contribution in [3.8, 4) is 0 Å². The van der Waals surface area contributed by atoms with Gasteiger partial charge >= 0.3 is 0 Å². The predicted molar refractivity (Wildman–Crippen MR) is 91.0 cm³/mol. The van der Waals surface area contributed by atoms with Crippen molar-refractivity contribution in [3.63, 3.8) is 0 Å². The number of hydrogen-bond donors (Lipinski definition) is 2. The quantitative estimate of drug-likeness (QED) is 0.371. The van der Waals surface area contributed by atoms with Gasteiger partial charge in [0.25, 0.3) is 0 Å². The van der Waals surface area contributed by atoms with E-state index in [9.17, 15) is 19.8 Å². The third-order valence-electron chi connectivity index (χ3n) is 3.92. The summed E-state index contributed by atoms with van der Waals surface area (Å²) in [4.78, 5) is 24.0. The van der Waals surface area contributed by atoms with Gasteiger partial charge in [-0.05, 0) is 13.8 Å². The second-order valence-electron chi connectivity index (χ2n) is 7.39. The van der Waals surface area contributed by atoms with E-state index in [4.69, 9.17) is 0 Å². The van der Waals surface area contributed by atoms with Crippen molar-refractivity contribution in [2.45, 2.75) is 39.9 Å². The maximum absolute atomic E-state index is 10.9. The lowest BCUT2D eigenvalue weighted by atomic mass is 10.1. The molecule has 2 N–H and O–H groups in total. The SMILES string of the molecule is CC(O)C[N+](C)(CCN(CC(C)C=O)CC(C)C=O)CC(C)O. The first-order valence-electron chi connectivity index (χ1n) is 8.44. The summed E-state index contributed by atoms with van der Waals surface area (Å²) in [5, 5.41) is 19.5. The van der Waals surface area contributed by atoms with Gasteiger partial charge in [0.2, 0.25) is 0 Å². The van der Waals surface area contributed by atoms with E-state index in [0.717, 1.165) is 19.1 Å². The first-order valence-corrected chi connectivity index (χ1v) is 8.44. The fraction of sp³-hybridized carbons (Fsp3) is 0.882. The summed E-state index contributed by atoms with van der Waals surface area (Å²) >= 11 is 0. The molecular weight excluding hydrogens is 296 g/mol. The van der Waals surface area contributed by atoms with Gasteiger partial charge in [0.05, 0.1) is 13.6 Å². The second kappa shape index (κ2) is 10.9. The van der Waals surface area contributed by atoms with Gasteiger partial charge in [0.1, 0.15) is 37.9 Å². The van der Waals surface area contributed by atoms with Crippen molar-refractivity contribution < 1.29 is 24.3 Å². The molecule has 23 heavy (non-hydrogen) atoms. The van der Waals surface area contributed by atoms with Gasteiger partial charge in [-0.25, -0.2) is 0 Å². The molecule has 0 aliphatic carbocycles. The Balaban J connectivity index is 4.84. The van der Waals surface area contributed by atoms with Gasteiger partial charge in [-0.1, -0.05) is 13.8 Å². The molecule has 0 aromatic carbocycles. The molecule has 0 radical (unpaired) electrons. The molecule has 0 aromatic heterocycles. The lowest BCUT2D eigenvalue weighted by Gasteiger charge is -2.38. The summed E-state index contributed by atoms with van der Waals surface area (Å²) in [6.07, 6.45) is 0.959. The number of quaternary nitrogens is 1. The van der Waals surface area contributed by atoms with Gasteiger partial charge in [0.15, 0.2) is 0 Å². The van der Waals surface area contributed by atoms with Crippen molar-refractivity contribution in [1.29, 1.82) is 0 Å². The van der Waals surface area contributed by atoms with Crippen LogP contribution >= 0.6 is 0 Å². The van der Waals surface area contributed by atoms with Crippen LogP contribution in [0.25, 0.3) is 0 Å². The average Bonchev–Trinajstić information content (AvgIpc) is 2.42. The molecule has 0 spiro atoms. The van der Waals surface area contributed by atoms with Gasteiger partial charge in [-0.3, -0.25) is 4.90 Å². The normalized spacial score (nSPS) is 19.7. The van der Waals surface area contributed by atoms with Crippen molar-refractivity contribution in [1.82, 2.24) is 4.90 Å². The summed E-state index contributed by atoms with van der Waals surface area (Å²) < 4.78 is 0.552. The number of nitrogens with zero attached hydrogens (tertiary/aromatic N) is 2. The zero-order chi connectivity index (χ0) is 18.0. The summed E-state index contributed by atoms with van der Waals surface area (Å²) in [7, 11) is 2.02. The van der Waals surface area contributed by atoms with Crippen LogP contribution in [0, 0.1) is 11.8 Å². The highest BCUT2D eigenvalue weighted by Crippen LogP contribution is 2.09. The standard InChI is InChI=1S/C17H35N2O4/c1-14(12-20)8-18(9-15(2)13-21)6-7-19(5,10-16(3)22)11-17(4)23/h12-17,22-23H,6-11H2,1-5H3/q+1. The molecule has 0 rings (SSSR count). The number of aliphatic hydroxyl groups is 2. The Morgan fingerprint density at radius 2 is 1.30 bits per heavy atom. The van der Waals surface area contributed by atoms with Gasteiger partial charge in [-0.2, -0.15) is 0 Å². The first kappa shape index (κ1) is 22.2. The van der Waals surface area contributed by atoms with Crippen molar-refractivity contribution in [2.75, 3.05) is 46.3 Å². The van der Waals surface area contributed by atoms with E-state index in [0.29, 0.717) is 37.2 Å². The fourth-order valence-electron chi connectivity index (χ4n) is 3.07. The number of carbonyl (C=O) groups excluding carboxylic acids is 2. The van der Waals surface area contributed by atoms with Crippen molar-refractivity contribution in [2.24, 2.45) is 11.8 Å². The largest absolute Gasteiger partial charge is 0.388 e. The molecule has 4 unspecified atom stereocenters. The third kappa shape index (κ3) is 10.5. The van der Waals surface area contributed by atoms with Gasteiger partial charge in [-0.15, -0.1) is 0 Å². The van der Waals surface area contributed by atoms with E-state index in [-0.39, 0.29) is 11.8 Å². The fourth-order valence-corrected chi connectivity index (χ4v) is 3.07. The average molecular weight is 331 g/mol. The number of rotatable bonds is 13. The Hall–Kier alpha value is -0.820. The molecule has 6 heteroatoms. The molecule has 0 saturated carbocycles. The Kier molecular flexibility index (Phi) is 10.5. The summed E-state index contributed by atoms with van der Waals surface area (Å²) in [5.74, 6) is -0.165. The van der Waals surface area contributed by atoms with Crippen molar-refractivity contribution in [3.05, 3.63) is 0 Å². The Morgan fingerprint density at radius 1 is 0.913 bits per heavy atom. The number of aliphatic hydroxyl groups excluding tert-OH is 2. The molecule has 0 aromatic rings. The van der Waals surface area contributed by atoms with Crippen LogP contribution in [0.1, 0.15) is 27.7 Å². The van der Waals surface area contributed by atoms with E-state index < -0.39 is 12.2 Å². The maximum atomic E-state index is 10.9. The lowest BCUT2D eigenvalue weighted by molar-refractivity contribution is -0.914. The van der Waals surface area contributed by atoms with Gasteiger partial charge < -0.3 is 24.3 Å². The summed E-state index contributed by atoms with van der Waals surface area (Å²) in [5.41, 5.74) is 0. The molecule has 0 fully saturated rings. The maximum Gasteiger partial charge on any atom is 0.124 e. The topological polar surface area (TPSA) is 77.8 Å². The van der Waals surface area contributed by atoms with Crippen LogP contribution in [0.15, 0.2) is 0 Å². The lowest BCUT2D eigenvalue weighted by Crippen LogP contribution is -2.55. The van der Waals surface area contributed by atoms with E-state index >= 15 is 0 Å². The number of aldehydes is 2. The van der Waals surface area contributed by atoms with E-state index in [1.807, 2.05) is 20.9 Å². The smallest absolute Gasteiger partial charge is 0.124 e. The minimum absolute atomic E-state index is 0.0823. The minimum atomic E-state index is -0.449. The predicted octanol–water partition coefficient (Wildman–Crippen LogP) is 0.167. The van der Waals surface area contributed by atoms with Crippen LogP contribution in [0.4, 0.5) is 0 Å². The van der Waals surface area contributed by atoms with E-state index in [2.05, 4.69) is 4.90 Å². The molecule has 0 heterocycles. The monoisotopic (exact) mass is 331 g/mol. The molecule has 6 nitrogen and oxygen atoms in total. The Labute approximate surface area is 140 Å². The summed E-state index contributed by atoms with van der Waals surface area (Å²) in [6.45, 7) is 11.0. The number of hydrogen-bond acceptors (Lipinski definition) is 5. The van der Waals surface area contributed by atoms with Crippen molar-refractivity contribution >= 4 is 12.6 Å². The van der Waals surface area contributed by atoms with Crippen LogP contribution in [-0.2, 0) is 9.59 Å². The highest BCUT2D eigenvalue weighted by molar-refractivity contribution is 5.54.